The molecule has 2 heteroatoms. The standard InChI is InChI=1S/C19H22O2/c1-4-12-21-17-9-6-15(7-10-17)19-13-16(20)8-11-18(19)14(3)5-2/h4,6-10,13,20H,1,5,11-12H2,2-3H3. The quantitative estimate of drug-likeness (QED) is 0.751. The van der Waals surface area contributed by atoms with E-state index in [2.05, 4.69) is 20.4 Å². The van der Waals surface area contributed by atoms with E-state index in [1.54, 1.807) is 6.08 Å². The van der Waals surface area contributed by atoms with Crippen LogP contribution in [-0.2, 0) is 0 Å². The van der Waals surface area contributed by atoms with E-state index in [1.165, 1.54) is 11.1 Å². The van der Waals surface area contributed by atoms with Gasteiger partial charge in [0.2, 0.25) is 0 Å². The van der Waals surface area contributed by atoms with Crippen molar-refractivity contribution < 1.29 is 9.84 Å². The van der Waals surface area contributed by atoms with Gasteiger partial charge >= 0.3 is 0 Å². The molecule has 110 valence electrons. The summed E-state index contributed by atoms with van der Waals surface area (Å²) in [4.78, 5) is 0. The lowest BCUT2D eigenvalue weighted by molar-refractivity contribution is 0.363. The van der Waals surface area contributed by atoms with E-state index in [0.29, 0.717) is 12.4 Å². The molecule has 1 aliphatic rings. The van der Waals surface area contributed by atoms with Gasteiger partial charge < -0.3 is 9.84 Å². The highest BCUT2D eigenvalue weighted by Crippen LogP contribution is 2.34. The van der Waals surface area contributed by atoms with Crippen molar-refractivity contribution in [2.75, 3.05) is 6.61 Å². The Morgan fingerprint density at radius 2 is 2.05 bits per heavy atom. The molecule has 0 aromatic heterocycles. The number of hydrogen-bond acceptors (Lipinski definition) is 2. The molecule has 1 aromatic carbocycles. The van der Waals surface area contributed by atoms with E-state index in [9.17, 15) is 5.11 Å². The van der Waals surface area contributed by atoms with Gasteiger partial charge in [-0.15, -0.1) is 0 Å². The molecule has 0 atom stereocenters. The molecule has 0 spiro atoms. The maximum Gasteiger partial charge on any atom is 0.119 e. The minimum Gasteiger partial charge on any atom is -0.508 e. The van der Waals surface area contributed by atoms with Crippen LogP contribution in [0.2, 0.25) is 0 Å². The second-order valence-corrected chi connectivity index (χ2v) is 5.13. The van der Waals surface area contributed by atoms with E-state index in [1.807, 2.05) is 36.4 Å². The van der Waals surface area contributed by atoms with Gasteiger partial charge in [0.1, 0.15) is 18.1 Å². The number of benzene rings is 1. The minimum atomic E-state index is 0.338. The van der Waals surface area contributed by atoms with Gasteiger partial charge in [-0.05, 0) is 60.8 Å². The fourth-order valence-electron chi connectivity index (χ4n) is 2.37. The van der Waals surface area contributed by atoms with Crippen molar-refractivity contribution in [3.8, 4) is 5.75 Å². The molecule has 1 N–H and O–H groups in total. The summed E-state index contributed by atoms with van der Waals surface area (Å²) in [7, 11) is 0. The number of allylic oxidation sites excluding steroid dienone is 5. The van der Waals surface area contributed by atoms with E-state index >= 15 is 0 Å². The number of aliphatic hydroxyl groups excluding tert-OH is 1. The van der Waals surface area contributed by atoms with Crippen LogP contribution in [0.3, 0.4) is 0 Å². The molecule has 2 rings (SSSR count). The minimum absolute atomic E-state index is 0.338. The molecule has 0 radical (unpaired) electrons. The molecular formula is C19H22O2. The maximum atomic E-state index is 9.81. The van der Waals surface area contributed by atoms with E-state index in [4.69, 9.17) is 4.74 Å². The largest absolute Gasteiger partial charge is 0.508 e. The lowest BCUT2D eigenvalue weighted by Gasteiger charge is -2.18. The van der Waals surface area contributed by atoms with Crippen molar-refractivity contribution in [3.05, 3.63) is 71.5 Å². The van der Waals surface area contributed by atoms with Crippen LogP contribution in [-0.4, -0.2) is 11.7 Å². The van der Waals surface area contributed by atoms with Gasteiger partial charge in [0, 0.05) is 0 Å². The van der Waals surface area contributed by atoms with Crippen LogP contribution in [0, 0.1) is 0 Å². The van der Waals surface area contributed by atoms with Crippen LogP contribution in [0.5, 0.6) is 5.75 Å². The van der Waals surface area contributed by atoms with Crippen molar-refractivity contribution in [2.45, 2.75) is 26.7 Å². The predicted molar refractivity (Wildman–Crippen MR) is 88.4 cm³/mol. The molecule has 0 fully saturated rings. The zero-order chi connectivity index (χ0) is 15.2. The van der Waals surface area contributed by atoms with Crippen LogP contribution < -0.4 is 4.74 Å². The summed E-state index contributed by atoms with van der Waals surface area (Å²) in [5.74, 6) is 1.16. The third-order valence-electron chi connectivity index (χ3n) is 3.71. The Morgan fingerprint density at radius 1 is 1.33 bits per heavy atom. The first-order valence-corrected chi connectivity index (χ1v) is 7.29. The number of ether oxygens (including phenoxy) is 1. The Morgan fingerprint density at radius 3 is 2.67 bits per heavy atom. The predicted octanol–water partition coefficient (Wildman–Crippen LogP) is 5.21. The second-order valence-electron chi connectivity index (χ2n) is 5.13. The Bertz CT molecular complexity index is 601. The second kappa shape index (κ2) is 6.98. The SMILES string of the molecule is C=CCOc1ccc(C2=CC(O)=CCC2=C(C)CC)cc1. The molecule has 21 heavy (non-hydrogen) atoms. The van der Waals surface area contributed by atoms with Crippen LogP contribution >= 0.6 is 0 Å². The molecule has 0 heterocycles. The van der Waals surface area contributed by atoms with Crippen molar-refractivity contribution in [1.82, 2.24) is 0 Å². The van der Waals surface area contributed by atoms with Crippen LogP contribution in [0.25, 0.3) is 5.57 Å². The first-order chi connectivity index (χ1) is 10.2. The average molecular weight is 282 g/mol. The monoisotopic (exact) mass is 282 g/mol. The summed E-state index contributed by atoms with van der Waals surface area (Å²) in [6.07, 6.45) is 7.23. The van der Waals surface area contributed by atoms with E-state index < -0.39 is 0 Å². The van der Waals surface area contributed by atoms with Crippen LogP contribution in [0.15, 0.2) is 66.0 Å². The molecule has 2 nitrogen and oxygen atoms in total. The molecule has 0 saturated carbocycles. The highest BCUT2D eigenvalue weighted by atomic mass is 16.5. The van der Waals surface area contributed by atoms with Crippen molar-refractivity contribution in [1.29, 1.82) is 0 Å². The van der Waals surface area contributed by atoms with Crippen molar-refractivity contribution >= 4 is 5.57 Å². The third kappa shape index (κ3) is 3.66. The topological polar surface area (TPSA) is 29.5 Å². The molecule has 1 aliphatic carbocycles. The Labute approximate surface area is 126 Å². The Hall–Kier alpha value is -2.22. The lowest BCUT2D eigenvalue weighted by atomic mass is 9.87. The highest BCUT2D eigenvalue weighted by molar-refractivity contribution is 5.83. The van der Waals surface area contributed by atoms with E-state index in [-0.39, 0.29) is 0 Å². The molecule has 0 amide bonds. The fraction of sp³-hybridized carbons (Fsp3) is 0.263. The molecule has 0 aliphatic heterocycles. The van der Waals surface area contributed by atoms with E-state index in [0.717, 1.165) is 29.7 Å². The number of aliphatic hydroxyl groups is 1. The average Bonchev–Trinajstić information content (AvgIpc) is 2.52. The normalized spacial score (nSPS) is 16.9. The summed E-state index contributed by atoms with van der Waals surface area (Å²) < 4.78 is 5.50. The lowest BCUT2D eigenvalue weighted by Crippen LogP contribution is -2.00. The van der Waals surface area contributed by atoms with Crippen LogP contribution in [0.4, 0.5) is 0 Å². The van der Waals surface area contributed by atoms with Gasteiger partial charge in [0.05, 0.1) is 0 Å². The highest BCUT2D eigenvalue weighted by Gasteiger charge is 2.14. The summed E-state index contributed by atoms with van der Waals surface area (Å²) >= 11 is 0. The van der Waals surface area contributed by atoms with Gasteiger partial charge in [-0.25, -0.2) is 0 Å². The maximum absolute atomic E-state index is 9.81. The summed E-state index contributed by atoms with van der Waals surface area (Å²) in [5, 5.41) is 9.81. The van der Waals surface area contributed by atoms with Crippen molar-refractivity contribution in [3.63, 3.8) is 0 Å². The Balaban J connectivity index is 2.33. The van der Waals surface area contributed by atoms with Gasteiger partial charge in [-0.2, -0.15) is 0 Å². The first kappa shape index (κ1) is 15.2. The molecular weight excluding hydrogens is 260 g/mol. The van der Waals surface area contributed by atoms with Gasteiger partial charge in [-0.3, -0.25) is 0 Å². The molecule has 0 bridgehead atoms. The molecule has 1 aromatic rings. The first-order valence-electron chi connectivity index (χ1n) is 7.29. The molecule has 0 unspecified atom stereocenters. The summed E-state index contributed by atoms with van der Waals surface area (Å²) in [6, 6.07) is 7.97. The zero-order valence-corrected chi connectivity index (χ0v) is 12.7. The number of hydrogen-bond donors (Lipinski definition) is 1. The molecule has 0 saturated heterocycles. The fourth-order valence-corrected chi connectivity index (χ4v) is 2.37. The van der Waals surface area contributed by atoms with Crippen LogP contribution in [0.1, 0.15) is 32.3 Å². The third-order valence-corrected chi connectivity index (χ3v) is 3.71. The van der Waals surface area contributed by atoms with Gasteiger partial charge in [0.15, 0.2) is 0 Å². The van der Waals surface area contributed by atoms with Crippen molar-refractivity contribution in [2.24, 2.45) is 0 Å². The van der Waals surface area contributed by atoms with Gasteiger partial charge in [0.25, 0.3) is 0 Å². The smallest absolute Gasteiger partial charge is 0.119 e. The summed E-state index contributed by atoms with van der Waals surface area (Å²) in [6.45, 7) is 8.46. The Kier molecular flexibility index (Phi) is 5.04. The summed E-state index contributed by atoms with van der Waals surface area (Å²) in [5.41, 5.74) is 4.86. The van der Waals surface area contributed by atoms with Gasteiger partial charge in [-0.1, -0.05) is 37.3 Å². The number of rotatable bonds is 5. The zero-order valence-electron chi connectivity index (χ0n) is 12.7.